The van der Waals surface area contributed by atoms with Gasteiger partial charge in [-0.25, -0.2) is 0 Å². The first-order chi connectivity index (χ1) is 12.6. The van der Waals surface area contributed by atoms with Gasteiger partial charge < -0.3 is 10.6 Å². The van der Waals surface area contributed by atoms with E-state index < -0.39 is 0 Å². The van der Waals surface area contributed by atoms with Crippen molar-refractivity contribution in [3.63, 3.8) is 0 Å². The van der Waals surface area contributed by atoms with Crippen molar-refractivity contribution in [3.8, 4) is 0 Å². The number of rotatable bonds is 7. The van der Waals surface area contributed by atoms with Crippen LogP contribution < -0.4 is 10.6 Å². The molecular formula is C19H22BrN3O2S. The molecule has 0 spiro atoms. The summed E-state index contributed by atoms with van der Waals surface area (Å²) in [7, 11) is 0. The first-order valence-corrected chi connectivity index (χ1v) is 10.4. The molecule has 0 aliphatic carbocycles. The van der Waals surface area contributed by atoms with Crippen molar-refractivity contribution in [3.05, 3.63) is 56.7 Å². The molecule has 7 heteroatoms. The zero-order valence-electron chi connectivity index (χ0n) is 14.4. The maximum atomic E-state index is 12.2. The molecule has 0 saturated carbocycles. The van der Waals surface area contributed by atoms with Gasteiger partial charge in [0.2, 0.25) is 5.91 Å². The predicted octanol–water partition coefficient (Wildman–Crippen LogP) is 3.19. The van der Waals surface area contributed by atoms with Crippen molar-refractivity contribution in [1.82, 2.24) is 15.5 Å². The molecule has 1 saturated heterocycles. The average molecular weight is 436 g/mol. The van der Waals surface area contributed by atoms with Gasteiger partial charge in [-0.15, -0.1) is 11.3 Å². The summed E-state index contributed by atoms with van der Waals surface area (Å²) < 4.78 is 0.832. The molecule has 2 heterocycles. The molecule has 138 valence electrons. The summed E-state index contributed by atoms with van der Waals surface area (Å²) in [6.45, 7) is 2.67. The van der Waals surface area contributed by atoms with Crippen molar-refractivity contribution in [2.75, 3.05) is 26.2 Å². The lowest BCUT2D eigenvalue weighted by Gasteiger charge is -2.26. The predicted molar refractivity (Wildman–Crippen MR) is 107 cm³/mol. The van der Waals surface area contributed by atoms with Crippen molar-refractivity contribution in [2.45, 2.75) is 18.9 Å². The second-order valence-electron chi connectivity index (χ2n) is 6.27. The monoisotopic (exact) mass is 435 g/mol. The second-order valence-corrected chi connectivity index (χ2v) is 8.17. The SMILES string of the molecule is O=C(CNC(=O)c1cccc(Br)c1)NCC(c1cccs1)N1CCCC1. The Balaban J connectivity index is 1.50. The normalized spacial score (nSPS) is 15.6. The van der Waals surface area contributed by atoms with Crippen LogP contribution >= 0.6 is 27.3 Å². The number of benzene rings is 1. The van der Waals surface area contributed by atoms with Gasteiger partial charge in [0.1, 0.15) is 0 Å². The fourth-order valence-corrected chi connectivity index (χ4v) is 4.37. The van der Waals surface area contributed by atoms with E-state index in [1.165, 1.54) is 17.7 Å². The molecule has 1 aromatic carbocycles. The standard InChI is InChI=1S/C19H22BrN3O2S/c20-15-6-3-5-14(11-15)19(25)22-13-18(24)21-12-16(17-7-4-10-26-17)23-8-1-2-9-23/h3-7,10-11,16H,1-2,8-9,12-13H2,(H,21,24)(H,22,25). The summed E-state index contributed by atoms with van der Waals surface area (Å²) >= 11 is 5.06. The fourth-order valence-electron chi connectivity index (χ4n) is 3.11. The highest BCUT2D eigenvalue weighted by Crippen LogP contribution is 2.27. The van der Waals surface area contributed by atoms with Crippen LogP contribution in [0, 0.1) is 0 Å². The Bertz CT molecular complexity index is 745. The van der Waals surface area contributed by atoms with E-state index in [1.54, 1.807) is 29.5 Å². The number of thiophene rings is 1. The molecule has 5 nitrogen and oxygen atoms in total. The lowest BCUT2D eigenvalue weighted by atomic mass is 10.2. The quantitative estimate of drug-likeness (QED) is 0.701. The third-order valence-corrected chi connectivity index (χ3v) is 5.91. The Morgan fingerprint density at radius 3 is 2.65 bits per heavy atom. The van der Waals surface area contributed by atoms with Crippen LogP contribution in [0.2, 0.25) is 0 Å². The van der Waals surface area contributed by atoms with Gasteiger partial charge in [0, 0.05) is 21.5 Å². The van der Waals surface area contributed by atoms with Gasteiger partial charge >= 0.3 is 0 Å². The lowest BCUT2D eigenvalue weighted by molar-refractivity contribution is -0.120. The van der Waals surface area contributed by atoms with Gasteiger partial charge in [0.05, 0.1) is 12.6 Å². The van der Waals surface area contributed by atoms with Crippen LogP contribution in [0.5, 0.6) is 0 Å². The third-order valence-electron chi connectivity index (χ3n) is 4.44. The van der Waals surface area contributed by atoms with E-state index in [9.17, 15) is 9.59 Å². The number of halogens is 1. The van der Waals surface area contributed by atoms with Crippen LogP contribution in [0.1, 0.15) is 34.1 Å². The first-order valence-electron chi connectivity index (χ1n) is 8.71. The van der Waals surface area contributed by atoms with Crippen LogP contribution in [-0.4, -0.2) is 42.9 Å². The highest BCUT2D eigenvalue weighted by Gasteiger charge is 2.24. The molecule has 26 heavy (non-hydrogen) atoms. The van der Waals surface area contributed by atoms with Gasteiger partial charge in [-0.3, -0.25) is 14.5 Å². The molecule has 2 N–H and O–H groups in total. The number of nitrogens with one attached hydrogen (secondary N) is 2. The molecule has 0 bridgehead atoms. The van der Waals surface area contributed by atoms with Crippen LogP contribution in [0.4, 0.5) is 0 Å². The van der Waals surface area contributed by atoms with Gasteiger partial charge in [-0.2, -0.15) is 0 Å². The van der Waals surface area contributed by atoms with E-state index in [0.717, 1.165) is 17.6 Å². The minimum atomic E-state index is -0.254. The van der Waals surface area contributed by atoms with Gasteiger partial charge in [0.25, 0.3) is 5.91 Å². The Labute approximate surface area is 165 Å². The maximum absolute atomic E-state index is 12.2. The summed E-state index contributed by atoms with van der Waals surface area (Å²) in [5.74, 6) is -0.426. The smallest absolute Gasteiger partial charge is 0.251 e. The molecule has 1 aromatic heterocycles. The van der Waals surface area contributed by atoms with Crippen LogP contribution in [-0.2, 0) is 4.79 Å². The Morgan fingerprint density at radius 2 is 1.96 bits per heavy atom. The molecule has 0 radical (unpaired) electrons. The van der Waals surface area contributed by atoms with Crippen LogP contribution in [0.3, 0.4) is 0 Å². The number of likely N-dealkylation sites (tertiary alicyclic amines) is 1. The van der Waals surface area contributed by atoms with Crippen LogP contribution in [0.25, 0.3) is 0 Å². The van der Waals surface area contributed by atoms with E-state index in [0.29, 0.717) is 12.1 Å². The Morgan fingerprint density at radius 1 is 1.15 bits per heavy atom. The highest BCUT2D eigenvalue weighted by molar-refractivity contribution is 9.10. The second kappa shape index (κ2) is 9.30. The first kappa shape index (κ1) is 19.1. The van der Waals surface area contributed by atoms with Crippen molar-refractivity contribution < 1.29 is 9.59 Å². The number of amides is 2. The Kier molecular flexibility index (Phi) is 6.82. The minimum absolute atomic E-state index is 0.0253. The number of carbonyl (C=O) groups is 2. The number of carbonyl (C=O) groups excluding carboxylic acids is 2. The minimum Gasteiger partial charge on any atom is -0.353 e. The van der Waals surface area contributed by atoms with Gasteiger partial charge in [-0.05, 0) is 55.6 Å². The van der Waals surface area contributed by atoms with E-state index in [1.807, 2.05) is 12.1 Å². The zero-order valence-corrected chi connectivity index (χ0v) is 16.8. The molecule has 3 rings (SSSR count). The van der Waals surface area contributed by atoms with E-state index in [2.05, 4.69) is 42.9 Å². The van der Waals surface area contributed by atoms with Crippen LogP contribution in [0.15, 0.2) is 46.3 Å². The average Bonchev–Trinajstić information content (AvgIpc) is 3.34. The Hall–Kier alpha value is -1.70. The van der Waals surface area contributed by atoms with Crippen molar-refractivity contribution in [2.24, 2.45) is 0 Å². The molecule has 2 amide bonds. The topological polar surface area (TPSA) is 61.4 Å². The van der Waals surface area contributed by atoms with Crippen molar-refractivity contribution >= 4 is 39.1 Å². The molecule has 1 aliphatic rings. The highest BCUT2D eigenvalue weighted by atomic mass is 79.9. The summed E-state index contributed by atoms with van der Waals surface area (Å²) in [6.07, 6.45) is 2.41. The summed E-state index contributed by atoms with van der Waals surface area (Å²) in [4.78, 5) is 28.0. The molecule has 1 fully saturated rings. The van der Waals surface area contributed by atoms with Gasteiger partial charge in [0.15, 0.2) is 0 Å². The molecule has 1 atom stereocenters. The lowest BCUT2D eigenvalue weighted by Crippen LogP contribution is -2.41. The largest absolute Gasteiger partial charge is 0.353 e. The number of hydrogen-bond donors (Lipinski definition) is 2. The molecular weight excluding hydrogens is 414 g/mol. The summed E-state index contributed by atoms with van der Waals surface area (Å²) in [5, 5.41) is 7.71. The zero-order chi connectivity index (χ0) is 18.4. The molecule has 1 unspecified atom stereocenters. The third kappa shape index (κ3) is 5.16. The number of nitrogens with zero attached hydrogens (tertiary/aromatic N) is 1. The number of hydrogen-bond acceptors (Lipinski definition) is 4. The molecule has 1 aliphatic heterocycles. The summed E-state index contributed by atoms with van der Waals surface area (Å²) in [6, 6.07) is 11.5. The van der Waals surface area contributed by atoms with E-state index in [4.69, 9.17) is 0 Å². The van der Waals surface area contributed by atoms with E-state index in [-0.39, 0.29) is 24.4 Å². The fraction of sp³-hybridized carbons (Fsp3) is 0.368. The van der Waals surface area contributed by atoms with E-state index >= 15 is 0 Å². The summed E-state index contributed by atoms with van der Waals surface area (Å²) in [5.41, 5.74) is 0.528. The van der Waals surface area contributed by atoms with Crippen molar-refractivity contribution in [1.29, 1.82) is 0 Å². The molecule has 2 aromatic rings. The van der Waals surface area contributed by atoms with Gasteiger partial charge in [-0.1, -0.05) is 28.1 Å². The maximum Gasteiger partial charge on any atom is 0.251 e.